The zero-order chi connectivity index (χ0) is 24.7. The van der Waals surface area contributed by atoms with E-state index in [0.29, 0.717) is 34.1 Å². The summed E-state index contributed by atoms with van der Waals surface area (Å²) in [6.45, 7) is 0. The Morgan fingerprint density at radius 1 is 0.857 bits per heavy atom. The molecule has 0 bridgehead atoms. The molecule has 3 aromatic rings. The van der Waals surface area contributed by atoms with Gasteiger partial charge in [0.2, 0.25) is 0 Å². The topological polar surface area (TPSA) is 80.3 Å². The van der Waals surface area contributed by atoms with Crippen LogP contribution in [0.15, 0.2) is 66.7 Å². The summed E-state index contributed by atoms with van der Waals surface area (Å²) in [5.41, 5.74) is 0.615. The lowest BCUT2D eigenvalue weighted by Gasteiger charge is -2.60. The molecule has 1 heterocycles. The zero-order valence-corrected chi connectivity index (χ0v) is 19.9. The second-order valence-corrected chi connectivity index (χ2v) is 8.61. The average molecular weight is 475 g/mol. The van der Waals surface area contributed by atoms with Crippen LogP contribution in [-0.2, 0) is 15.1 Å². The van der Waals surface area contributed by atoms with E-state index in [4.69, 9.17) is 23.7 Å². The molecule has 2 aliphatic rings. The van der Waals surface area contributed by atoms with Gasteiger partial charge in [-0.2, -0.15) is 0 Å². The number of carbonyl (C=O) groups excluding carboxylic acids is 2. The molecule has 0 unspecified atom stereocenters. The molecule has 1 fully saturated rings. The Bertz CT molecular complexity index is 1270. The van der Waals surface area contributed by atoms with E-state index in [-0.39, 0.29) is 5.78 Å². The summed E-state index contributed by atoms with van der Waals surface area (Å²) in [5, 5.41) is 0. The van der Waals surface area contributed by atoms with Gasteiger partial charge >= 0.3 is 5.97 Å². The minimum Gasteiger partial charge on any atom is -0.497 e. The van der Waals surface area contributed by atoms with Crippen LogP contribution in [0.3, 0.4) is 0 Å². The van der Waals surface area contributed by atoms with Crippen molar-refractivity contribution in [1.29, 1.82) is 0 Å². The van der Waals surface area contributed by atoms with E-state index in [2.05, 4.69) is 0 Å². The van der Waals surface area contributed by atoms with Gasteiger partial charge in [-0.15, -0.1) is 0 Å². The van der Waals surface area contributed by atoms with Crippen LogP contribution in [-0.4, -0.2) is 40.2 Å². The van der Waals surface area contributed by atoms with Crippen molar-refractivity contribution in [2.24, 2.45) is 11.8 Å². The minimum absolute atomic E-state index is 0.157. The largest absolute Gasteiger partial charge is 0.497 e. The van der Waals surface area contributed by atoms with E-state index in [1.807, 2.05) is 42.5 Å². The molecule has 0 amide bonds. The first-order chi connectivity index (χ1) is 17.0. The standard InChI is InChI=1S/C28H26O7/c1-31-18-12-10-17(11-13-18)28-24(22(25(28)27(30)34-4)16-8-6-5-7-9-16)26(29)23-20(33-3)14-19(32-2)15-21(23)35-28/h5-15,22,24-25H,1-4H3/t22-,24-,25-,28+/m0/s1. The first-order valence-corrected chi connectivity index (χ1v) is 11.3. The molecule has 3 aromatic carbocycles. The maximum atomic E-state index is 14.2. The van der Waals surface area contributed by atoms with Gasteiger partial charge in [-0.25, -0.2) is 0 Å². The lowest BCUT2D eigenvalue weighted by atomic mass is 9.47. The number of methoxy groups -OCH3 is 4. The molecule has 1 aliphatic carbocycles. The molecule has 7 heteroatoms. The molecule has 0 N–H and O–H groups in total. The molecule has 35 heavy (non-hydrogen) atoms. The van der Waals surface area contributed by atoms with Crippen LogP contribution in [0.4, 0.5) is 0 Å². The van der Waals surface area contributed by atoms with E-state index in [9.17, 15) is 9.59 Å². The molecular formula is C28H26O7. The van der Waals surface area contributed by atoms with E-state index >= 15 is 0 Å². The normalized spacial score (nSPS) is 24.2. The van der Waals surface area contributed by atoms with Crippen LogP contribution in [0.5, 0.6) is 23.0 Å². The highest BCUT2D eigenvalue weighted by molar-refractivity contribution is 6.07. The van der Waals surface area contributed by atoms with Crippen LogP contribution >= 0.6 is 0 Å². The first-order valence-electron chi connectivity index (χ1n) is 11.3. The van der Waals surface area contributed by atoms with Gasteiger partial charge in [0.15, 0.2) is 11.4 Å². The number of ether oxygens (including phenoxy) is 5. The number of benzene rings is 3. The predicted octanol–water partition coefficient (Wildman–Crippen LogP) is 4.39. The van der Waals surface area contributed by atoms with Gasteiger partial charge in [0, 0.05) is 18.1 Å². The van der Waals surface area contributed by atoms with Crippen molar-refractivity contribution in [1.82, 2.24) is 0 Å². The summed E-state index contributed by atoms with van der Waals surface area (Å²) in [7, 11) is 5.96. The van der Waals surface area contributed by atoms with Gasteiger partial charge in [-0.05, 0) is 23.3 Å². The monoisotopic (exact) mass is 474 g/mol. The summed E-state index contributed by atoms with van der Waals surface area (Å²) < 4.78 is 28.2. The Kier molecular flexibility index (Phi) is 5.63. The fraction of sp³-hybridized carbons (Fsp3) is 0.286. The number of esters is 1. The van der Waals surface area contributed by atoms with Crippen LogP contribution in [0.2, 0.25) is 0 Å². The lowest BCUT2D eigenvalue weighted by molar-refractivity contribution is -0.186. The molecule has 7 nitrogen and oxygen atoms in total. The van der Waals surface area contributed by atoms with E-state index < -0.39 is 29.3 Å². The first kappa shape index (κ1) is 22.8. The SMILES string of the molecule is COC(=O)[C@@H]1[C@@H](c2ccccc2)[C@H]2C(=O)c3c(OC)cc(OC)cc3O[C@@]12c1ccc(OC)cc1. The summed E-state index contributed by atoms with van der Waals surface area (Å²) in [6, 6.07) is 20.1. The molecular weight excluding hydrogens is 448 g/mol. The second kappa shape index (κ2) is 8.65. The van der Waals surface area contributed by atoms with E-state index in [1.165, 1.54) is 21.3 Å². The Morgan fingerprint density at radius 2 is 1.54 bits per heavy atom. The Labute approximate surface area is 203 Å². The Hall–Kier alpha value is -4.00. The van der Waals surface area contributed by atoms with Crippen molar-refractivity contribution < 1.29 is 33.3 Å². The molecule has 180 valence electrons. The maximum absolute atomic E-state index is 14.2. The van der Waals surface area contributed by atoms with Crippen LogP contribution in [0.1, 0.15) is 27.4 Å². The molecule has 1 saturated carbocycles. The third kappa shape index (κ3) is 3.26. The number of rotatable bonds is 6. The number of Topliss-reactive ketones (excluding diaryl/α,β-unsaturated/α-hetero) is 1. The van der Waals surface area contributed by atoms with Crippen molar-refractivity contribution >= 4 is 11.8 Å². The van der Waals surface area contributed by atoms with Crippen molar-refractivity contribution in [3.05, 3.63) is 83.4 Å². The van der Waals surface area contributed by atoms with Gasteiger partial charge < -0.3 is 23.7 Å². The molecule has 0 spiro atoms. The van der Waals surface area contributed by atoms with E-state index in [0.717, 1.165) is 5.56 Å². The Balaban J connectivity index is 1.77. The molecule has 4 atom stereocenters. The summed E-state index contributed by atoms with van der Waals surface area (Å²) >= 11 is 0. The summed E-state index contributed by atoms with van der Waals surface area (Å²) in [4.78, 5) is 27.5. The number of hydrogen-bond donors (Lipinski definition) is 0. The third-order valence-electron chi connectivity index (χ3n) is 7.13. The van der Waals surface area contributed by atoms with Crippen molar-refractivity contribution in [2.75, 3.05) is 28.4 Å². The smallest absolute Gasteiger partial charge is 0.313 e. The summed E-state index contributed by atoms with van der Waals surface area (Å²) in [5.74, 6) is -0.697. The fourth-order valence-corrected chi connectivity index (χ4v) is 5.57. The average Bonchev–Trinajstić information content (AvgIpc) is 2.89. The third-order valence-corrected chi connectivity index (χ3v) is 7.13. The molecule has 0 saturated heterocycles. The Morgan fingerprint density at radius 3 is 2.14 bits per heavy atom. The quantitative estimate of drug-likeness (QED) is 0.491. The summed E-state index contributed by atoms with van der Waals surface area (Å²) in [6.07, 6.45) is 0. The van der Waals surface area contributed by atoms with Gasteiger partial charge in [0.05, 0.1) is 34.4 Å². The van der Waals surface area contributed by atoms with Crippen LogP contribution in [0, 0.1) is 11.8 Å². The van der Waals surface area contributed by atoms with E-state index in [1.54, 1.807) is 31.4 Å². The maximum Gasteiger partial charge on any atom is 0.313 e. The number of ketones is 1. The number of carbonyl (C=O) groups is 2. The van der Waals surface area contributed by atoms with Crippen LogP contribution < -0.4 is 18.9 Å². The lowest BCUT2D eigenvalue weighted by Crippen LogP contribution is -2.68. The number of fused-ring (bicyclic) bond motifs is 2. The van der Waals surface area contributed by atoms with Gasteiger partial charge in [0.25, 0.3) is 0 Å². The highest BCUT2D eigenvalue weighted by atomic mass is 16.5. The molecule has 0 radical (unpaired) electrons. The molecule has 5 rings (SSSR count). The zero-order valence-electron chi connectivity index (χ0n) is 19.9. The fourth-order valence-electron chi connectivity index (χ4n) is 5.57. The van der Waals surface area contributed by atoms with Crippen molar-refractivity contribution in [3.63, 3.8) is 0 Å². The number of hydrogen-bond acceptors (Lipinski definition) is 7. The predicted molar refractivity (Wildman–Crippen MR) is 127 cm³/mol. The van der Waals surface area contributed by atoms with Crippen molar-refractivity contribution in [3.8, 4) is 23.0 Å². The minimum atomic E-state index is -1.28. The van der Waals surface area contributed by atoms with Crippen LogP contribution in [0.25, 0.3) is 0 Å². The van der Waals surface area contributed by atoms with Gasteiger partial charge in [0.1, 0.15) is 34.5 Å². The van der Waals surface area contributed by atoms with Gasteiger partial charge in [-0.3, -0.25) is 9.59 Å². The molecule has 0 aromatic heterocycles. The highest BCUT2D eigenvalue weighted by Crippen LogP contribution is 2.66. The highest BCUT2D eigenvalue weighted by Gasteiger charge is 2.73. The second-order valence-electron chi connectivity index (χ2n) is 8.61. The van der Waals surface area contributed by atoms with Crippen molar-refractivity contribution in [2.45, 2.75) is 11.5 Å². The molecule has 1 aliphatic heterocycles. The van der Waals surface area contributed by atoms with Gasteiger partial charge in [-0.1, -0.05) is 42.5 Å².